The van der Waals surface area contributed by atoms with Crippen molar-refractivity contribution in [2.75, 3.05) is 5.32 Å². The molecule has 0 aromatic carbocycles. The third-order valence-electron chi connectivity index (χ3n) is 4.03. The molecule has 6 heteroatoms. The van der Waals surface area contributed by atoms with Crippen LogP contribution < -0.4 is 5.32 Å². The van der Waals surface area contributed by atoms with Crippen LogP contribution in [0.2, 0.25) is 0 Å². The summed E-state index contributed by atoms with van der Waals surface area (Å²) in [6, 6.07) is 3.25. The van der Waals surface area contributed by atoms with Crippen LogP contribution in [0.3, 0.4) is 0 Å². The van der Waals surface area contributed by atoms with Crippen LogP contribution in [-0.4, -0.2) is 18.0 Å². The zero-order chi connectivity index (χ0) is 17.3. The maximum absolute atomic E-state index is 12.6. The number of anilines is 1. The first-order valence-corrected chi connectivity index (χ1v) is 8.97. The molecule has 2 aromatic rings. The molecule has 2 aromatic heterocycles. The van der Waals surface area contributed by atoms with E-state index in [1.54, 1.807) is 12.1 Å². The van der Waals surface area contributed by atoms with Crippen molar-refractivity contribution in [2.24, 2.45) is 5.92 Å². The van der Waals surface area contributed by atoms with Gasteiger partial charge in [0.1, 0.15) is 5.00 Å². The van der Waals surface area contributed by atoms with Gasteiger partial charge in [-0.15, -0.1) is 11.3 Å². The Bertz CT molecular complexity index is 745. The topological polar surface area (TPSA) is 68.5 Å². The van der Waals surface area contributed by atoms with E-state index in [0.717, 1.165) is 24.8 Å². The van der Waals surface area contributed by atoms with Crippen LogP contribution in [0.4, 0.5) is 5.00 Å². The molecule has 3 rings (SSSR count). The maximum atomic E-state index is 12.6. The van der Waals surface area contributed by atoms with Crippen LogP contribution in [0.25, 0.3) is 0 Å². The fraction of sp³-hybridized carbons (Fsp3) is 0.444. The third kappa shape index (κ3) is 3.38. The molecule has 2 heterocycles. The first kappa shape index (κ1) is 16.8. The van der Waals surface area contributed by atoms with Gasteiger partial charge in [0.25, 0.3) is 5.91 Å². The van der Waals surface area contributed by atoms with Gasteiger partial charge in [-0.2, -0.15) is 0 Å². The molecule has 0 saturated heterocycles. The van der Waals surface area contributed by atoms with Gasteiger partial charge >= 0.3 is 5.97 Å². The second kappa shape index (κ2) is 6.81. The first-order chi connectivity index (χ1) is 11.5. The van der Waals surface area contributed by atoms with Crippen LogP contribution >= 0.6 is 11.3 Å². The summed E-state index contributed by atoms with van der Waals surface area (Å²) in [5.74, 6) is 0.0775. The van der Waals surface area contributed by atoms with E-state index in [9.17, 15) is 9.59 Å². The van der Waals surface area contributed by atoms with E-state index in [1.807, 2.05) is 13.8 Å². The van der Waals surface area contributed by atoms with Crippen molar-refractivity contribution < 1.29 is 18.7 Å². The van der Waals surface area contributed by atoms with Crippen LogP contribution in [0.15, 0.2) is 22.8 Å². The summed E-state index contributed by atoms with van der Waals surface area (Å²) >= 11 is 1.47. The largest absolute Gasteiger partial charge is 0.459 e. The second-order valence-corrected chi connectivity index (χ2v) is 7.55. The molecule has 24 heavy (non-hydrogen) atoms. The van der Waals surface area contributed by atoms with Gasteiger partial charge in [0.2, 0.25) is 0 Å². The van der Waals surface area contributed by atoms with E-state index in [1.165, 1.54) is 22.5 Å². The Kier molecular flexibility index (Phi) is 4.76. The molecule has 1 N–H and O–H groups in total. The van der Waals surface area contributed by atoms with E-state index in [0.29, 0.717) is 16.5 Å². The van der Waals surface area contributed by atoms with Crippen LogP contribution in [0.5, 0.6) is 0 Å². The third-order valence-corrected chi connectivity index (χ3v) is 5.20. The normalized spacial score (nSPS) is 16.8. The highest BCUT2D eigenvalue weighted by Gasteiger charge is 2.30. The minimum atomic E-state index is -0.369. The zero-order valence-corrected chi connectivity index (χ0v) is 14.9. The molecule has 0 bridgehead atoms. The molecule has 0 radical (unpaired) electrons. The summed E-state index contributed by atoms with van der Waals surface area (Å²) in [7, 11) is 0. The molecular formula is C18H21NO4S. The monoisotopic (exact) mass is 347 g/mol. The van der Waals surface area contributed by atoms with Gasteiger partial charge in [-0.25, -0.2) is 4.79 Å². The molecule has 1 amide bonds. The molecule has 0 aliphatic heterocycles. The number of hydrogen-bond acceptors (Lipinski definition) is 5. The molecule has 0 unspecified atom stereocenters. The second-order valence-electron chi connectivity index (χ2n) is 6.44. The Morgan fingerprint density at radius 3 is 2.88 bits per heavy atom. The van der Waals surface area contributed by atoms with Gasteiger partial charge < -0.3 is 14.5 Å². The van der Waals surface area contributed by atoms with Gasteiger partial charge in [-0.1, -0.05) is 6.92 Å². The minimum Gasteiger partial charge on any atom is -0.459 e. The average molecular weight is 347 g/mol. The molecule has 128 valence electrons. The van der Waals surface area contributed by atoms with E-state index in [2.05, 4.69) is 12.2 Å². The highest BCUT2D eigenvalue weighted by Crippen LogP contribution is 2.40. The lowest BCUT2D eigenvalue weighted by Gasteiger charge is -2.18. The molecule has 1 atom stereocenters. The Labute approximate surface area is 145 Å². The van der Waals surface area contributed by atoms with E-state index >= 15 is 0 Å². The van der Waals surface area contributed by atoms with E-state index in [4.69, 9.17) is 9.15 Å². The number of rotatable bonds is 4. The fourth-order valence-electron chi connectivity index (χ4n) is 2.90. The summed E-state index contributed by atoms with van der Waals surface area (Å²) in [5, 5.41) is 3.38. The van der Waals surface area contributed by atoms with Crippen molar-refractivity contribution in [1.29, 1.82) is 0 Å². The lowest BCUT2D eigenvalue weighted by Crippen LogP contribution is -2.18. The van der Waals surface area contributed by atoms with Crippen molar-refractivity contribution >= 4 is 28.2 Å². The smallest absolute Gasteiger partial charge is 0.341 e. The number of carbonyl (C=O) groups is 2. The van der Waals surface area contributed by atoms with Gasteiger partial charge in [0.15, 0.2) is 5.76 Å². The number of carbonyl (C=O) groups excluding carboxylic acids is 2. The van der Waals surface area contributed by atoms with Crippen molar-refractivity contribution in [3.8, 4) is 0 Å². The Hall–Kier alpha value is -2.08. The number of ether oxygens (including phenoxy) is 1. The lowest BCUT2D eigenvalue weighted by molar-refractivity contribution is 0.0378. The zero-order valence-electron chi connectivity index (χ0n) is 14.0. The highest BCUT2D eigenvalue weighted by atomic mass is 32.1. The number of thiophene rings is 1. The number of fused-ring (bicyclic) bond motifs is 1. The number of nitrogens with one attached hydrogen (secondary N) is 1. The standard InChI is InChI=1S/C18H21NO4S/c1-10(2)23-18(21)15-12-7-6-11(3)9-14(12)24-17(15)19-16(20)13-5-4-8-22-13/h4-5,8,10-11H,6-7,9H2,1-3H3,(H,19,20)/t11-/m0/s1. The Morgan fingerprint density at radius 2 is 2.21 bits per heavy atom. The molecule has 0 saturated carbocycles. The van der Waals surface area contributed by atoms with Crippen molar-refractivity contribution in [3.05, 3.63) is 40.2 Å². The predicted molar refractivity (Wildman–Crippen MR) is 92.7 cm³/mol. The Balaban J connectivity index is 1.95. The number of furan rings is 1. The molecule has 1 aliphatic rings. The van der Waals surface area contributed by atoms with E-state index < -0.39 is 0 Å². The molecule has 5 nitrogen and oxygen atoms in total. The lowest BCUT2D eigenvalue weighted by atomic mass is 9.88. The fourth-order valence-corrected chi connectivity index (χ4v) is 4.29. The predicted octanol–water partition coefficient (Wildman–Crippen LogP) is 4.28. The van der Waals surface area contributed by atoms with Gasteiger partial charge in [0, 0.05) is 4.88 Å². The maximum Gasteiger partial charge on any atom is 0.341 e. The van der Waals surface area contributed by atoms with Crippen molar-refractivity contribution in [1.82, 2.24) is 0 Å². The van der Waals surface area contributed by atoms with Crippen LogP contribution in [0.1, 0.15) is 58.5 Å². The summed E-state index contributed by atoms with van der Waals surface area (Å²) in [4.78, 5) is 26.0. The highest BCUT2D eigenvalue weighted by molar-refractivity contribution is 7.17. The van der Waals surface area contributed by atoms with Crippen LogP contribution in [-0.2, 0) is 17.6 Å². The molecule has 0 spiro atoms. The molecule has 1 aliphatic carbocycles. The summed E-state index contributed by atoms with van der Waals surface area (Å²) in [6.07, 6.45) is 4.05. The quantitative estimate of drug-likeness (QED) is 0.838. The summed E-state index contributed by atoms with van der Waals surface area (Å²) in [5.41, 5.74) is 1.54. The molecular weight excluding hydrogens is 326 g/mol. The summed E-state index contributed by atoms with van der Waals surface area (Å²) < 4.78 is 10.5. The minimum absolute atomic E-state index is 0.204. The average Bonchev–Trinajstić information content (AvgIpc) is 3.12. The molecule has 0 fully saturated rings. The number of hydrogen-bond donors (Lipinski definition) is 1. The first-order valence-electron chi connectivity index (χ1n) is 8.16. The van der Waals surface area contributed by atoms with Crippen molar-refractivity contribution in [2.45, 2.75) is 46.1 Å². The SMILES string of the molecule is CC(C)OC(=O)c1c(NC(=O)c2ccco2)sc2c1CC[C@H](C)C2. The van der Waals surface area contributed by atoms with Crippen molar-refractivity contribution in [3.63, 3.8) is 0 Å². The number of amides is 1. The van der Waals surface area contributed by atoms with Gasteiger partial charge in [-0.05, 0) is 56.7 Å². The van der Waals surface area contributed by atoms with E-state index in [-0.39, 0.29) is 23.7 Å². The summed E-state index contributed by atoms with van der Waals surface area (Å²) in [6.45, 7) is 5.84. The Morgan fingerprint density at radius 1 is 1.42 bits per heavy atom. The number of esters is 1. The van der Waals surface area contributed by atoms with Gasteiger partial charge in [0.05, 0.1) is 17.9 Å². The van der Waals surface area contributed by atoms with Gasteiger partial charge in [-0.3, -0.25) is 4.79 Å². The van der Waals surface area contributed by atoms with Crippen LogP contribution in [0, 0.1) is 5.92 Å².